The molecule has 5 rings (SSSR count). The maximum absolute atomic E-state index is 12.4. The smallest absolute Gasteiger partial charge is 0.287 e. The summed E-state index contributed by atoms with van der Waals surface area (Å²) in [6.45, 7) is 3.29. The van der Waals surface area contributed by atoms with E-state index >= 15 is 0 Å². The fraction of sp³-hybridized carbons (Fsp3) is 0.438. The van der Waals surface area contributed by atoms with Gasteiger partial charge in [0.2, 0.25) is 0 Å². The van der Waals surface area contributed by atoms with Crippen LogP contribution in [0.2, 0.25) is 5.02 Å². The number of fused-ring (bicyclic) bond motifs is 4. The first-order valence-corrected chi connectivity index (χ1v) is 7.79. The normalized spacial score (nSPS) is 26.7. The molecule has 1 aromatic carbocycles. The average molecular weight is 341 g/mol. The molecule has 3 fully saturated rings. The van der Waals surface area contributed by atoms with Gasteiger partial charge < -0.3 is 14.6 Å². The average Bonchev–Trinajstić information content (AvgIpc) is 2.91. The highest BCUT2D eigenvalue weighted by Crippen LogP contribution is 2.28. The molecule has 1 atom stereocenters. The summed E-state index contributed by atoms with van der Waals surface area (Å²) in [7, 11) is 0. The van der Waals surface area contributed by atoms with Crippen molar-refractivity contribution in [1.82, 2.24) is 10.2 Å². The van der Waals surface area contributed by atoms with Gasteiger partial charge in [-0.15, -0.1) is 12.4 Å². The molecule has 118 valence electrons. The summed E-state index contributed by atoms with van der Waals surface area (Å²) in [5.41, 5.74) is 0.693. The number of hydrogen-bond acceptors (Lipinski definition) is 3. The Balaban J connectivity index is 0.00000144. The molecule has 0 aliphatic carbocycles. The fourth-order valence-corrected chi connectivity index (χ4v) is 3.67. The Morgan fingerprint density at radius 1 is 1.27 bits per heavy atom. The van der Waals surface area contributed by atoms with Gasteiger partial charge in [-0.25, -0.2) is 0 Å². The zero-order chi connectivity index (χ0) is 14.4. The summed E-state index contributed by atoms with van der Waals surface area (Å²) in [6, 6.07) is 7.38. The van der Waals surface area contributed by atoms with Crippen LogP contribution in [0.1, 0.15) is 23.4 Å². The van der Waals surface area contributed by atoms with Crippen molar-refractivity contribution in [2.75, 3.05) is 19.6 Å². The Morgan fingerprint density at radius 3 is 2.73 bits per heavy atom. The van der Waals surface area contributed by atoms with Crippen LogP contribution < -0.4 is 5.32 Å². The number of carbonyl (C=O) groups excluding carboxylic acids is 1. The first kappa shape index (κ1) is 15.7. The summed E-state index contributed by atoms with van der Waals surface area (Å²) in [4.78, 5) is 14.8. The van der Waals surface area contributed by atoms with Crippen molar-refractivity contribution in [3.63, 3.8) is 0 Å². The number of carbonyl (C=O) groups is 1. The first-order valence-electron chi connectivity index (χ1n) is 7.41. The lowest BCUT2D eigenvalue weighted by molar-refractivity contribution is 0.0607. The minimum atomic E-state index is -0.124. The van der Waals surface area contributed by atoms with E-state index in [-0.39, 0.29) is 24.4 Å². The molecule has 4 heterocycles. The number of rotatable bonds is 2. The second-order valence-electron chi connectivity index (χ2n) is 6.01. The van der Waals surface area contributed by atoms with Crippen molar-refractivity contribution in [3.05, 3.63) is 35.0 Å². The number of benzene rings is 1. The third-order valence-electron chi connectivity index (χ3n) is 4.67. The summed E-state index contributed by atoms with van der Waals surface area (Å²) in [5, 5.41) is 4.64. The number of nitrogens with zero attached hydrogens (tertiary/aromatic N) is 1. The molecular weight excluding hydrogens is 323 g/mol. The van der Waals surface area contributed by atoms with E-state index < -0.39 is 0 Å². The number of halogens is 2. The fourth-order valence-electron chi connectivity index (χ4n) is 3.49. The molecule has 0 unspecified atom stereocenters. The molecule has 0 radical (unpaired) electrons. The van der Waals surface area contributed by atoms with Crippen molar-refractivity contribution in [3.8, 4) is 0 Å². The van der Waals surface area contributed by atoms with E-state index in [1.165, 1.54) is 25.9 Å². The summed E-state index contributed by atoms with van der Waals surface area (Å²) in [5.74, 6) is 0.850. The van der Waals surface area contributed by atoms with Crippen molar-refractivity contribution in [1.29, 1.82) is 0 Å². The van der Waals surface area contributed by atoms with E-state index in [9.17, 15) is 4.79 Å². The van der Waals surface area contributed by atoms with Crippen molar-refractivity contribution < 1.29 is 9.21 Å². The van der Waals surface area contributed by atoms with Crippen LogP contribution in [0.4, 0.5) is 0 Å². The number of nitrogens with one attached hydrogen (secondary N) is 1. The molecule has 3 saturated heterocycles. The minimum absolute atomic E-state index is 0. The monoisotopic (exact) mass is 340 g/mol. The second-order valence-corrected chi connectivity index (χ2v) is 6.45. The quantitative estimate of drug-likeness (QED) is 0.911. The van der Waals surface area contributed by atoms with Crippen LogP contribution in [-0.2, 0) is 0 Å². The van der Waals surface area contributed by atoms with Crippen molar-refractivity contribution >= 4 is 40.9 Å². The first-order chi connectivity index (χ1) is 10.2. The number of hydrogen-bond donors (Lipinski definition) is 1. The molecule has 1 amide bonds. The molecule has 0 saturated carbocycles. The number of piperidine rings is 3. The SMILES string of the molecule is Cl.O=C(N[C@@H]1CN2CCC1CC2)c1cc2cc(Cl)ccc2o1. The number of furan rings is 1. The molecule has 6 heteroatoms. The predicted molar refractivity (Wildman–Crippen MR) is 88.9 cm³/mol. The lowest BCUT2D eigenvalue weighted by Crippen LogP contribution is -2.57. The van der Waals surface area contributed by atoms with E-state index in [0.29, 0.717) is 22.3 Å². The van der Waals surface area contributed by atoms with Crippen LogP contribution in [0.5, 0.6) is 0 Å². The van der Waals surface area contributed by atoms with Gasteiger partial charge in [-0.1, -0.05) is 11.6 Å². The van der Waals surface area contributed by atoms with E-state index in [4.69, 9.17) is 16.0 Å². The lowest BCUT2D eigenvalue weighted by atomic mass is 9.84. The summed E-state index contributed by atoms with van der Waals surface area (Å²) in [6.07, 6.45) is 2.36. The minimum Gasteiger partial charge on any atom is -0.451 e. The van der Waals surface area contributed by atoms with E-state index in [1.807, 2.05) is 6.07 Å². The molecule has 4 nitrogen and oxygen atoms in total. The maximum atomic E-state index is 12.4. The Morgan fingerprint density at radius 2 is 2.05 bits per heavy atom. The van der Waals surface area contributed by atoms with Crippen LogP contribution in [0.3, 0.4) is 0 Å². The largest absolute Gasteiger partial charge is 0.451 e. The molecule has 1 N–H and O–H groups in total. The van der Waals surface area contributed by atoms with Gasteiger partial charge in [0, 0.05) is 23.0 Å². The Labute approximate surface area is 140 Å². The van der Waals surface area contributed by atoms with Gasteiger partial charge in [-0.05, 0) is 56.1 Å². The zero-order valence-corrected chi connectivity index (χ0v) is 13.6. The van der Waals surface area contributed by atoms with Crippen LogP contribution in [0, 0.1) is 5.92 Å². The van der Waals surface area contributed by atoms with Gasteiger partial charge in [0.05, 0.1) is 0 Å². The third-order valence-corrected chi connectivity index (χ3v) is 4.91. The molecule has 2 bridgehead atoms. The van der Waals surface area contributed by atoms with Gasteiger partial charge >= 0.3 is 0 Å². The highest BCUT2D eigenvalue weighted by molar-refractivity contribution is 6.31. The van der Waals surface area contributed by atoms with Crippen LogP contribution in [0.25, 0.3) is 11.0 Å². The zero-order valence-electron chi connectivity index (χ0n) is 12.0. The van der Waals surface area contributed by atoms with Crippen LogP contribution in [-0.4, -0.2) is 36.5 Å². The summed E-state index contributed by atoms with van der Waals surface area (Å²) >= 11 is 5.96. The molecule has 0 spiro atoms. The van der Waals surface area contributed by atoms with Gasteiger partial charge in [0.1, 0.15) is 5.58 Å². The van der Waals surface area contributed by atoms with Gasteiger partial charge in [-0.3, -0.25) is 4.79 Å². The lowest BCUT2D eigenvalue weighted by Gasteiger charge is -2.44. The topological polar surface area (TPSA) is 45.5 Å². The molecule has 1 aromatic heterocycles. The van der Waals surface area contributed by atoms with Crippen LogP contribution >= 0.6 is 24.0 Å². The molecule has 2 aromatic rings. The van der Waals surface area contributed by atoms with Crippen molar-refractivity contribution in [2.45, 2.75) is 18.9 Å². The summed E-state index contributed by atoms with van der Waals surface area (Å²) < 4.78 is 5.62. The van der Waals surface area contributed by atoms with Crippen molar-refractivity contribution in [2.24, 2.45) is 5.92 Å². The van der Waals surface area contributed by atoms with Gasteiger partial charge in [-0.2, -0.15) is 0 Å². The Hall–Kier alpha value is -1.23. The van der Waals surface area contributed by atoms with Crippen LogP contribution in [0.15, 0.2) is 28.7 Å². The second kappa shape index (κ2) is 6.11. The molecular formula is C16H18Cl2N2O2. The standard InChI is InChI=1S/C16H17ClN2O2.ClH/c17-12-1-2-14-11(7-12)8-15(21-14)16(20)18-13-9-19-5-3-10(13)4-6-19;/h1-2,7-8,10,13H,3-6,9H2,(H,18,20);1H/t13-;/m1./s1. The predicted octanol–water partition coefficient (Wildman–Crippen LogP) is 3.33. The molecule has 3 aliphatic heterocycles. The highest BCUT2D eigenvalue weighted by atomic mass is 35.5. The molecule has 22 heavy (non-hydrogen) atoms. The van der Waals surface area contributed by atoms with E-state index in [1.54, 1.807) is 18.2 Å². The van der Waals surface area contributed by atoms with Gasteiger partial charge in [0.15, 0.2) is 5.76 Å². The Bertz CT molecular complexity index is 693. The molecule has 3 aliphatic rings. The van der Waals surface area contributed by atoms with Gasteiger partial charge in [0.25, 0.3) is 5.91 Å². The number of amides is 1. The van der Waals surface area contributed by atoms with E-state index in [0.717, 1.165) is 11.9 Å². The highest BCUT2D eigenvalue weighted by Gasteiger charge is 2.35. The maximum Gasteiger partial charge on any atom is 0.287 e. The third kappa shape index (κ3) is 2.83. The Kier molecular flexibility index (Phi) is 4.35. The van der Waals surface area contributed by atoms with E-state index in [2.05, 4.69) is 10.2 Å².